The molecule has 0 aliphatic heterocycles. The molecule has 0 aliphatic rings. The molecule has 3 rings (SSSR count). The number of hydrogen-bond acceptors (Lipinski definition) is 2. The fraction of sp³-hybridized carbons (Fsp3) is 0.238. The Kier molecular flexibility index (Phi) is 5.93. The Morgan fingerprint density at radius 3 is 2.48 bits per heavy atom. The first-order chi connectivity index (χ1) is 13.6. The van der Waals surface area contributed by atoms with E-state index in [9.17, 15) is 13.2 Å². The molecule has 0 atom stereocenters. The van der Waals surface area contributed by atoms with Crippen LogP contribution in [-0.2, 0) is 12.7 Å². The number of alkyl halides is 3. The summed E-state index contributed by atoms with van der Waals surface area (Å²) in [6, 6.07) is 13.0. The Hall–Kier alpha value is -2.87. The number of aryl methyl sites for hydroxylation is 3. The maximum atomic E-state index is 12.9. The summed E-state index contributed by atoms with van der Waals surface area (Å²) in [5.41, 5.74) is 3.79. The predicted molar refractivity (Wildman–Crippen MR) is 113 cm³/mol. The smallest absolute Gasteiger partial charge is 0.332 e. The summed E-state index contributed by atoms with van der Waals surface area (Å²) in [5.74, 6) is 0.525. The Bertz CT molecular complexity index is 1040. The van der Waals surface area contributed by atoms with Gasteiger partial charge in [0.1, 0.15) is 0 Å². The highest BCUT2D eigenvalue weighted by Gasteiger charge is 2.30. The number of benzene rings is 2. The number of nitrogens with zero attached hydrogens (tertiary/aromatic N) is 2. The number of thiocarbonyl (C=S) groups is 1. The van der Waals surface area contributed by atoms with Gasteiger partial charge in [0.2, 0.25) is 0 Å². The molecule has 152 valence electrons. The third-order valence-electron chi connectivity index (χ3n) is 4.44. The van der Waals surface area contributed by atoms with Gasteiger partial charge >= 0.3 is 6.18 Å². The van der Waals surface area contributed by atoms with E-state index in [0.29, 0.717) is 16.5 Å². The molecule has 1 heterocycles. The molecule has 0 amide bonds. The standard InChI is InChI=1S/C21H21F3N4S/c1-13-7-8-18(14(2)9-13)25-20(29)26-19-10-15(3)28(27-19)12-16-5-4-6-17(11-16)21(22,23)24/h4-11H,12H2,1-3H3,(H2,25,26,27,29). The van der Waals surface area contributed by atoms with E-state index in [2.05, 4.69) is 21.8 Å². The van der Waals surface area contributed by atoms with E-state index in [1.807, 2.05) is 32.9 Å². The van der Waals surface area contributed by atoms with E-state index < -0.39 is 11.7 Å². The van der Waals surface area contributed by atoms with E-state index in [1.54, 1.807) is 16.8 Å². The van der Waals surface area contributed by atoms with Crippen molar-refractivity contribution in [3.05, 3.63) is 76.5 Å². The second kappa shape index (κ2) is 8.24. The second-order valence-electron chi connectivity index (χ2n) is 6.92. The van der Waals surface area contributed by atoms with Gasteiger partial charge in [-0.05, 0) is 62.3 Å². The average Bonchev–Trinajstić information content (AvgIpc) is 2.96. The van der Waals surface area contributed by atoms with E-state index >= 15 is 0 Å². The molecule has 1 aromatic heterocycles. The van der Waals surface area contributed by atoms with Crippen LogP contribution in [0.1, 0.15) is 27.9 Å². The van der Waals surface area contributed by atoms with Crippen LogP contribution in [0.4, 0.5) is 24.7 Å². The number of aromatic nitrogens is 2. The molecule has 0 fully saturated rings. The number of hydrogen-bond donors (Lipinski definition) is 2. The number of nitrogens with one attached hydrogen (secondary N) is 2. The van der Waals surface area contributed by atoms with Crippen molar-refractivity contribution >= 4 is 28.8 Å². The third kappa shape index (κ3) is 5.35. The molecule has 8 heteroatoms. The molecule has 3 aromatic rings. The number of anilines is 2. The second-order valence-corrected chi connectivity index (χ2v) is 7.33. The van der Waals surface area contributed by atoms with Crippen molar-refractivity contribution in [3.63, 3.8) is 0 Å². The van der Waals surface area contributed by atoms with Crippen LogP contribution in [0.15, 0.2) is 48.5 Å². The zero-order valence-electron chi connectivity index (χ0n) is 16.3. The van der Waals surface area contributed by atoms with Gasteiger partial charge in [-0.25, -0.2) is 0 Å². The lowest BCUT2D eigenvalue weighted by atomic mass is 10.1. The molecule has 0 bridgehead atoms. The minimum absolute atomic E-state index is 0.231. The van der Waals surface area contributed by atoms with Gasteiger partial charge in [-0.1, -0.05) is 29.8 Å². The summed E-state index contributed by atoms with van der Waals surface area (Å²) in [4.78, 5) is 0. The summed E-state index contributed by atoms with van der Waals surface area (Å²) >= 11 is 5.35. The number of halogens is 3. The maximum Gasteiger partial charge on any atom is 0.416 e. The van der Waals surface area contributed by atoms with Gasteiger partial charge < -0.3 is 10.6 Å². The normalized spacial score (nSPS) is 11.4. The Morgan fingerprint density at radius 1 is 1.03 bits per heavy atom. The van der Waals surface area contributed by atoms with E-state index in [4.69, 9.17) is 12.2 Å². The van der Waals surface area contributed by atoms with Crippen LogP contribution in [-0.4, -0.2) is 14.9 Å². The molecule has 0 saturated heterocycles. The van der Waals surface area contributed by atoms with Crippen molar-refractivity contribution in [1.82, 2.24) is 9.78 Å². The Morgan fingerprint density at radius 2 is 1.79 bits per heavy atom. The summed E-state index contributed by atoms with van der Waals surface area (Å²) in [6.07, 6.45) is -4.37. The van der Waals surface area contributed by atoms with Gasteiger partial charge in [-0.15, -0.1) is 0 Å². The first-order valence-corrected chi connectivity index (χ1v) is 9.38. The molecule has 0 radical (unpaired) electrons. The van der Waals surface area contributed by atoms with Crippen LogP contribution in [0.3, 0.4) is 0 Å². The van der Waals surface area contributed by atoms with E-state index in [1.165, 1.54) is 6.07 Å². The lowest BCUT2D eigenvalue weighted by molar-refractivity contribution is -0.137. The predicted octanol–water partition coefficient (Wildman–Crippen LogP) is 5.68. The van der Waals surface area contributed by atoms with Crippen molar-refractivity contribution < 1.29 is 13.2 Å². The van der Waals surface area contributed by atoms with Crippen molar-refractivity contribution in [2.45, 2.75) is 33.5 Å². The maximum absolute atomic E-state index is 12.9. The topological polar surface area (TPSA) is 41.9 Å². The summed E-state index contributed by atoms with van der Waals surface area (Å²) in [6.45, 7) is 6.08. The van der Waals surface area contributed by atoms with Crippen LogP contribution >= 0.6 is 12.2 Å². The molecule has 0 unspecified atom stereocenters. The molecule has 29 heavy (non-hydrogen) atoms. The zero-order chi connectivity index (χ0) is 21.2. The largest absolute Gasteiger partial charge is 0.416 e. The molecule has 2 aromatic carbocycles. The summed E-state index contributed by atoms with van der Waals surface area (Å²) in [7, 11) is 0. The first kappa shape index (κ1) is 20.9. The minimum atomic E-state index is -4.37. The highest BCUT2D eigenvalue weighted by molar-refractivity contribution is 7.80. The minimum Gasteiger partial charge on any atom is -0.332 e. The van der Waals surface area contributed by atoms with Crippen molar-refractivity contribution in [2.75, 3.05) is 10.6 Å². The monoisotopic (exact) mass is 418 g/mol. The zero-order valence-corrected chi connectivity index (χ0v) is 17.1. The van der Waals surface area contributed by atoms with E-state index in [0.717, 1.165) is 34.6 Å². The summed E-state index contributed by atoms with van der Waals surface area (Å²) in [5, 5.41) is 11.0. The molecular weight excluding hydrogens is 397 g/mol. The summed E-state index contributed by atoms with van der Waals surface area (Å²) < 4.78 is 40.4. The molecule has 2 N–H and O–H groups in total. The quantitative estimate of drug-likeness (QED) is 0.535. The highest BCUT2D eigenvalue weighted by atomic mass is 32.1. The van der Waals surface area contributed by atoms with Gasteiger partial charge in [0.05, 0.1) is 12.1 Å². The van der Waals surface area contributed by atoms with Crippen molar-refractivity contribution in [1.29, 1.82) is 0 Å². The van der Waals surface area contributed by atoms with Gasteiger partial charge in [-0.3, -0.25) is 4.68 Å². The van der Waals surface area contributed by atoms with Crippen LogP contribution in [0, 0.1) is 20.8 Å². The molecule has 0 saturated carbocycles. The van der Waals surface area contributed by atoms with Crippen LogP contribution in [0.2, 0.25) is 0 Å². The highest BCUT2D eigenvalue weighted by Crippen LogP contribution is 2.29. The Labute approximate surface area is 172 Å². The van der Waals surface area contributed by atoms with Gasteiger partial charge in [-0.2, -0.15) is 18.3 Å². The molecule has 0 aliphatic carbocycles. The van der Waals surface area contributed by atoms with Gasteiger partial charge in [0, 0.05) is 17.4 Å². The third-order valence-corrected chi connectivity index (χ3v) is 4.64. The van der Waals surface area contributed by atoms with Crippen molar-refractivity contribution in [3.8, 4) is 0 Å². The fourth-order valence-electron chi connectivity index (χ4n) is 2.97. The number of rotatable bonds is 4. The van der Waals surface area contributed by atoms with Crippen LogP contribution in [0.25, 0.3) is 0 Å². The van der Waals surface area contributed by atoms with Crippen LogP contribution < -0.4 is 10.6 Å². The lowest BCUT2D eigenvalue weighted by Crippen LogP contribution is -2.20. The first-order valence-electron chi connectivity index (χ1n) is 8.97. The van der Waals surface area contributed by atoms with Gasteiger partial charge in [0.15, 0.2) is 10.9 Å². The Balaban J connectivity index is 1.69. The van der Waals surface area contributed by atoms with Gasteiger partial charge in [0.25, 0.3) is 0 Å². The molecule has 0 spiro atoms. The van der Waals surface area contributed by atoms with Crippen molar-refractivity contribution in [2.24, 2.45) is 0 Å². The lowest BCUT2D eigenvalue weighted by Gasteiger charge is -2.12. The van der Waals surface area contributed by atoms with Crippen LogP contribution in [0.5, 0.6) is 0 Å². The average molecular weight is 418 g/mol. The van der Waals surface area contributed by atoms with E-state index in [-0.39, 0.29) is 6.54 Å². The SMILES string of the molecule is Cc1ccc(NC(=S)Nc2cc(C)n(Cc3cccc(C(F)(F)F)c3)n2)c(C)c1. The molecule has 4 nitrogen and oxygen atoms in total. The fourth-order valence-corrected chi connectivity index (χ4v) is 3.19. The molecular formula is C21H21F3N4S.